The molecule has 2 saturated carbocycles. The topological polar surface area (TPSA) is 58.0 Å². The first-order valence-corrected chi connectivity index (χ1v) is 8.15. The molecule has 0 amide bonds. The molecule has 106 valence electrons. The smallest absolute Gasteiger partial charge is 0.281 e. The van der Waals surface area contributed by atoms with Crippen molar-refractivity contribution in [1.29, 1.82) is 0 Å². The summed E-state index contributed by atoms with van der Waals surface area (Å²) in [5.41, 5.74) is 1.04. The predicted molar refractivity (Wildman–Crippen MR) is 77.5 cm³/mol. The molecule has 5 heteroatoms. The normalized spacial score (nSPS) is 28.9. The fourth-order valence-electron chi connectivity index (χ4n) is 3.56. The Morgan fingerprint density at radius 3 is 2.42 bits per heavy atom. The molecule has 1 aromatic rings. The highest BCUT2D eigenvalue weighted by Gasteiger charge is 2.30. The van der Waals surface area contributed by atoms with Crippen molar-refractivity contribution in [3.63, 3.8) is 0 Å². The standard InChI is InChI=1S/C14H21BrN2O2/c15-12-13(9-5-1-2-6-9)16-17(14(12)19)10-7-3-4-8-11(10)18/h9-11,16,18H,1-8H2. The Labute approximate surface area is 121 Å². The molecule has 2 atom stereocenters. The van der Waals surface area contributed by atoms with Gasteiger partial charge in [-0.2, -0.15) is 0 Å². The number of hydrogen-bond acceptors (Lipinski definition) is 2. The van der Waals surface area contributed by atoms with E-state index < -0.39 is 6.10 Å². The summed E-state index contributed by atoms with van der Waals surface area (Å²) >= 11 is 3.45. The summed E-state index contributed by atoms with van der Waals surface area (Å²) in [4.78, 5) is 12.4. The van der Waals surface area contributed by atoms with Crippen LogP contribution < -0.4 is 5.56 Å². The van der Waals surface area contributed by atoms with Gasteiger partial charge in [0.25, 0.3) is 5.56 Å². The molecule has 2 N–H and O–H groups in total. The lowest BCUT2D eigenvalue weighted by atomic mass is 9.93. The minimum absolute atomic E-state index is 0.00662. The molecule has 19 heavy (non-hydrogen) atoms. The van der Waals surface area contributed by atoms with Crippen molar-refractivity contribution in [2.75, 3.05) is 0 Å². The number of H-pyrrole nitrogens is 1. The van der Waals surface area contributed by atoms with Crippen molar-refractivity contribution in [2.45, 2.75) is 69.4 Å². The minimum Gasteiger partial charge on any atom is -0.391 e. The van der Waals surface area contributed by atoms with Crippen molar-refractivity contribution >= 4 is 15.9 Å². The van der Waals surface area contributed by atoms with Crippen LogP contribution in [0.3, 0.4) is 0 Å². The van der Waals surface area contributed by atoms with Gasteiger partial charge in [0, 0.05) is 5.92 Å². The maximum absolute atomic E-state index is 12.4. The van der Waals surface area contributed by atoms with E-state index in [0.717, 1.165) is 44.2 Å². The van der Waals surface area contributed by atoms with Gasteiger partial charge in [-0.15, -0.1) is 0 Å². The average Bonchev–Trinajstić information content (AvgIpc) is 3.02. The molecule has 3 rings (SSSR count). The van der Waals surface area contributed by atoms with Crippen molar-refractivity contribution in [2.24, 2.45) is 0 Å². The fourth-order valence-corrected chi connectivity index (χ4v) is 4.17. The maximum atomic E-state index is 12.4. The molecular weight excluding hydrogens is 308 g/mol. The summed E-state index contributed by atoms with van der Waals surface area (Å²) in [5.74, 6) is 0.476. The Hall–Kier alpha value is -0.550. The second-order valence-electron chi connectivity index (χ2n) is 5.92. The Morgan fingerprint density at radius 1 is 1.11 bits per heavy atom. The number of rotatable bonds is 2. The summed E-state index contributed by atoms with van der Waals surface area (Å²) in [5, 5.41) is 13.4. The number of aliphatic hydroxyl groups is 1. The molecule has 2 unspecified atom stereocenters. The molecule has 4 nitrogen and oxygen atoms in total. The van der Waals surface area contributed by atoms with Gasteiger partial charge < -0.3 is 5.11 Å². The zero-order valence-electron chi connectivity index (χ0n) is 11.1. The van der Waals surface area contributed by atoms with E-state index in [1.54, 1.807) is 4.68 Å². The third-order valence-electron chi connectivity index (χ3n) is 4.67. The van der Waals surface area contributed by atoms with Crippen LogP contribution in [0.1, 0.15) is 69.0 Å². The molecule has 2 fully saturated rings. The van der Waals surface area contributed by atoms with Gasteiger partial charge in [-0.25, -0.2) is 4.68 Å². The summed E-state index contributed by atoms with van der Waals surface area (Å²) in [6, 6.07) is -0.0762. The quantitative estimate of drug-likeness (QED) is 0.876. The number of aromatic nitrogens is 2. The van der Waals surface area contributed by atoms with E-state index in [0.29, 0.717) is 10.4 Å². The van der Waals surface area contributed by atoms with E-state index in [1.807, 2.05) is 0 Å². The van der Waals surface area contributed by atoms with E-state index in [2.05, 4.69) is 21.0 Å². The van der Waals surface area contributed by atoms with E-state index in [9.17, 15) is 9.90 Å². The highest BCUT2D eigenvalue weighted by Crippen LogP contribution is 2.36. The molecule has 0 aliphatic heterocycles. The third-order valence-corrected chi connectivity index (χ3v) is 5.44. The number of halogens is 1. The number of nitrogens with one attached hydrogen (secondary N) is 1. The van der Waals surface area contributed by atoms with E-state index in [1.165, 1.54) is 12.8 Å². The van der Waals surface area contributed by atoms with E-state index in [4.69, 9.17) is 0 Å². The van der Waals surface area contributed by atoms with Crippen molar-refractivity contribution in [3.8, 4) is 0 Å². The van der Waals surface area contributed by atoms with Gasteiger partial charge in [0.2, 0.25) is 0 Å². The molecule has 0 spiro atoms. The first kappa shape index (κ1) is 13.4. The van der Waals surface area contributed by atoms with E-state index >= 15 is 0 Å². The minimum atomic E-state index is -0.395. The lowest BCUT2D eigenvalue weighted by Gasteiger charge is -2.27. The van der Waals surface area contributed by atoms with Gasteiger partial charge in [-0.1, -0.05) is 25.7 Å². The van der Waals surface area contributed by atoms with Crippen molar-refractivity contribution in [3.05, 3.63) is 20.5 Å². The molecule has 1 heterocycles. The van der Waals surface area contributed by atoms with Crippen LogP contribution in [0, 0.1) is 0 Å². The Balaban J connectivity index is 1.93. The molecular formula is C14H21BrN2O2. The lowest BCUT2D eigenvalue weighted by Crippen LogP contribution is -2.33. The van der Waals surface area contributed by atoms with Crippen LogP contribution in [0.25, 0.3) is 0 Å². The zero-order chi connectivity index (χ0) is 13.4. The summed E-state index contributed by atoms with van der Waals surface area (Å²) in [6.07, 6.45) is 8.25. The van der Waals surface area contributed by atoms with Crippen LogP contribution in [0.4, 0.5) is 0 Å². The van der Waals surface area contributed by atoms with E-state index in [-0.39, 0.29) is 11.6 Å². The molecule has 2 aliphatic carbocycles. The van der Waals surface area contributed by atoms with Gasteiger partial charge in [-0.05, 0) is 41.6 Å². The van der Waals surface area contributed by atoms with Gasteiger partial charge in [0.1, 0.15) is 4.47 Å². The number of nitrogens with zero attached hydrogens (tertiary/aromatic N) is 1. The van der Waals surface area contributed by atoms with Crippen LogP contribution in [-0.2, 0) is 0 Å². The van der Waals surface area contributed by atoms with Gasteiger partial charge in [0.05, 0.1) is 17.8 Å². The highest BCUT2D eigenvalue weighted by molar-refractivity contribution is 9.10. The average molecular weight is 329 g/mol. The second kappa shape index (κ2) is 5.44. The van der Waals surface area contributed by atoms with Crippen LogP contribution in [0.5, 0.6) is 0 Å². The Morgan fingerprint density at radius 2 is 1.74 bits per heavy atom. The van der Waals surface area contributed by atoms with Gasteiger partial charge in [0.15, 0.2) is 0 Å². The Bertz CT molecular complexity index is 502. The Kier molecular flexibility index (Phi) is 3.85. The van der Waals surface area contributed by atoms with Crippen LogP contribution in [0.2, 0.25) is 0 Å². The fraction of sp³-hybridized carbons (Fsp3) is 0.786. The van der Waals surface area contributed by atoms with Gasteiger partial charge >= 0.3 is 0 Å². The van der Waals surface area contributed by atoms with Crippen molar-refractivity contribution in [1.82, 2.24) is 9.78 Å². The summed E-state index contributed by atoms with van der Waals surface area (Å²) in [7, 11) is 0. The van der Waals surface area contributed by atoms with Crippen LogP contribution in [0.15, 0.2) is 9.27 Å². The lowest BCUT2D eigenvalue weighted by molar-refractivity contribution is 0.0675. The zero-order valence-corrected chi connectivity index (χ0v) is 12.7. The molecule has 2 aliphatic rings. The molecule has 0 radical (unpaired) electrons. The SMILES string of the molecule is O=c1c(Br)c(C2CCCC2)[nH]n1C1CCCCC1O. The third kappa shape index (κ3) is 2.42. The first-order chi connectivity index (χ1) is 9.18. The molecule has 0 aromatic carbocycles. The maximum Gasteiger partial charge on any atom is 0.281 e. The molecule has 0 bridgehead atoms. The molecule has 1 aromatic heterocycles. The number of hydrogen-bond donors (Lipinski definition) is 2. The van der Waals surface area contributed by atoms with Crippen LogP contribution in [-0.4, -0.2) is 21.0 Å². The number of aliphatic hydroxyl groups excluding tert-OH is 1. The second-order valence-corrected chi connectivity index (χ2v) is 6.71. The predicted octanol–water partition coefficient (Wildman–Crippen LogP) is 3.07. The highest BCUT2D eigenvalue weighted by atomic mass is 79.9. The largest absolute Gasteiger partial charge is 0.391 e. The monoisotopic (exact) mass is 328 g/mol. The summed E-state index contributed by atoms with van der Waals surface area (Å²) in [6.45, 7) is 0. The first-order valence-electron chi connectivity index (χ1n) is 7.36. The number of aromatic amines is 1. The van der Waals surface area contributed by atoms with Gasteiger partial charge in [-0.3, -0.25) is 9.89 Å². The van der Waals surface area contributed by atoms with Crippen LogP contribution >= 0.6 is 15.9 Å². The molecule has 0 saturated heterocycles. The van der Waals surface area contributed by atoms with Crippen molar-refractivity contribution < 1.29 is 5.11 Å². The summed E-state index contributed by atoms with van der Waals surface area (Å²) < 4.78 is 2.35.